The van der Waals surface area contributed by atoms with Gasteiger partial charge in [0.2, 0.25) is 0 Å². The van der Waals surface area contributed by atoms with Gasteiger partial charge in [-0.15, -0.1) is 0 Å². The van der Waals surface area contributed by atoms with Crippen molar-refractivity contribution in [3.05, 3.63) is 54.1 Å². The third kappa shape index (κ3) is 3.56. The highest BCUT2D eigenvalue weighted by Gasteiger charge is 2.18. The fourth-order valence-electron chi connectivity index (χ4n) is 4.36. The van der Waals surface area contributed by atoms with Gasteiger partial charge in [-0.05, 0) is 42.7 Å². The first kappa shape index (κ1) is 18.8. The maximum Gasteiger partial charge on any atom is 0.251 e. The number of benzene rings is 1. The van der Waals surface area contributed by atoms with E-state index in [1.54, 1.807) is 28.8 Å². The molecule has 0 atom stereocenters. The molecule has 0 unspecified atom stereocenters. The van der Waals surface area contributed by atoms with Gasteiger partial charge in [0.1, 0.15) is 17.2 Å². The van der Waals surface area contributed by atoms with Gasteiger partial charge in [-0.3, -0.25) is 9.20 Å². The molecule has 1 N–H and O–H groups in total. The average molecular weight is 406 g/mol. The number of hydrogen-bond donors (Lipinski definition) is 1. The van der Waals surface area contributed by atoms with E-state index in [4.69, 9.17) is 4.52 Å². The van der Waals surface area contributed by atoms with Crippen molar-refractivity contribution in [3.63, 3.8) is 0 Å². The Hall–Kier alpha value is -3.22. The summed E-state index contributed by atoms with van der Waals surface area (Å²) >= 11 is 0. The number of hydrogen-bond acceptors (Lipinski definition) is 4. The van der Waals surface area contributed by atoms with E-state index in [1.807, 2.05) is 6.07 Å². The van der Waals surface area contributed by atoms with Gasteiger partial charge in [-0.2, -0.15) is 0 Å². The molecule has 1 aliphatic carbocycles. The molecule has 3 heterocycles. The predicted molar refractivity (Wildman–Crippen MR) is 112 cm³/mol. The van der Waals surface area contributed by atoms with E-state index in [2.05, 4.69) is 15.5 Å². The molecular formula is C23H23FN4O2. The second kappa shape index (κ2) is 7.89. The summed E-state index contributed by atoms with van der Waals surface area (Å²) in [5.41, 5.74) is 2.87. The highest BCUT2D eigenvalue weighted by molar-refractivity contribution is 6.00. The van der Waals surface area contributed by atoms with E-state index in [0.29, 0.717) is 34.7 Å². The minimum absolute atomic E-state index is 0.109. The molecule has 1 saturated carbocycles. The highest BCUT2D eigenvalue weighted by atomic mass is 19.1. The summed E-state index contributed by atoms with van der Waals surface area (Å²) in [5, 5.41) is 7.92. The van der Waals surface area contributed by atoms with Gasteiger partial charge in [0.05, 0.1) is 17.3 Å². The minimum atomic E-state index is -0.360. The zero-order valence-electron chi connectivity index (χ0n) is 16.6. The predicted octanol–water partition coefficient (Wildman–Crippen LogP) is 4.98. The van der Waals surface area contributed by atoms with Gasteiger partial charge >= 0.3 is 0 Å². The average Bonchev–Trinajstić information content (AvgIpc) is 3.37. The Kier molecular flexibility index (Phi) is 4.94. The Morgan fingerprint density at radius 3 is 2.93 bits per heavy atom. The van der Waals surface area contributed by atoms with Crippen LogP contribution in [0.3, 0.4) is 0 Å². The second-order valence-electron chi connectivity index (χ2n) is 8.01. The fourth-order valence-corrected chi connectivity index (χ4v) is 4.36. The van der Waals surface area contributed by atoms with E-state index in [0.717, 1.165) is 17.7 Å². The van der Waals surface area contributed by atoms with Crippen LogP contribution in [-0.4, -0.2) is 27.0 Å². The molecule has 7 heteroatoms. The number of carbonyl (C=O) groups excluding carboxylic acids is 1. The molecule has 1 aromatic carbocycles. The van der Waals surface area contributed by atoms with Crippen molar-refractivity contribution in [2.45, 2.75) is 38.5 Å². The maximum absolute atomic E-state index is 13.7. The Morgan fingerprint density at radius 2 is 2.07 bits per heavy atom. The second-order valence-corrected chi connectivity index (χ2v) is 8.01. The smallest absolute Gasteiger partial charge is 0.251 e. The summed E-state index contributed by atoms with van der Waals surface area (Å²) in [6.07, 6.45) is 10.5. The molecule has 1 aliphatic rings. The van der Waals surface area contributed by atoms with Crippen molar-refractivity contribution in [2.75, 3.05) is 6.54 Å². The maximum atomic E-state index is 13.7. The Morgan fingerprint density at radius 1 is 1.20 bits per heavy atom. The van der Waals surface area contributed by atoms with Crippen LogP contribution in [0.5, 0.6) is 0 Å². The summed E-state index contributed by atoms with van der Waals surface area (Å²) in [4.78, 5) is 16.8. The van der Waals surface area contributed by atoms with Crippen molar-refractivity contribution in [2.24, 2.45) is 5.92 Å². The third-order valence-corrected chi connectivity index (χ3v) is 6.01. The molecule has 0 saturated heterocycles. The molecular weight excluding hydrogens is 383 g/mol. The quantitative estimate of drug-likeness (QED) is 0.507. The van der Waals surface area contributed by atoms with Crippen LogP contribution in [0.1, 0.15) is 48.9 Å². The largest absolute Gasteiger partial charge is 0.356 e. The van der Waals surface area contributed by atoms with Crippen LogP contribution in [-0.2, 0) is 0 Å². The molecule has 154 valence electrons. The van der Waals surface area contributed by atoms with E-state index >= 15 is 0 Å². The van der Waals surface area contributed by atoms with Crippen LogP contribution in [0.4, 0.5) is 4.39 Å². The van der Waals surface area contributed by atoms with Crippen LogP contribution >= 0.6 is 0 Å². The lowest BCUT2D eigenvalue weighted by atomic mass is 9.87. The molecule has 3 aromatic heterocycles. The van der Waals surface area contributed by atoms with Crippen molar-refractivity contribution in [3.8, 4) is 11.4 Å². The summed E-state index contributed by atoms with van der Waals surface area (Å²) in [6.45, 7) is 0.691. The molecule has 30 heavy (non-hydrogen) atoms. The monoisotopic (exact) mass is 406 g/mol. The van der Waals surface area contributed by atoms with Crippen molar-refractivity contribution < 1.29 is 13.7 Å². The number of fused-ring (bicyclic) bond motifs is 2. The van der Waals surface area contributed by atoms with Crippen LogP contribution in [0.15, 0.2) is 47.2 Å². The molecule has 0 radical (unpaired) electrons. The number of halogens is 1. The summed E-state index contributed by atoms with van der Waals surface area (Å²) < 4.78 is 20.8. The molecule has 1 amide bonds. The number of carbonyl (C=O) groups is 1. The Balaban J connectivity index is 1.34. The molecule has 5 rings (SSSR count). The van der Waals surface area contributed by atoms with Gasteiger partial charge in [0.15, 0.2) is 5.58 Å². The van der Waals surface area contributed by atoms with E-state index in [9.17, 15) is 9.18 Å². The van der Waals surface area contributed by atoms with E-state index in [-0.39, 0.29) is 11.7 Å². The van der Waals surface area contributed by atoms with Gasteiger partial charge in [0.25, 0.3) is 5.91 Å². The first-order chi connectivity index (χ1) is 14.7. The SMILES string of the molecule is O=C(NCCC1CCCCC1)c1ccc2c(-c3cnc4ccc(F)cn34)noc2c1. The normalized spacial score (nSPS) is 15.1. The van der Waals surface area contributed by atoms with Crippen LogP contribution < -0.4 is 5.32 Å². The number of aromatic nitrogens is 3. The Labute approximate surface area is 173 Å². The zero-order chi connectivity index (χ0) is 20.5. The third-order valence-electron chi connectivity index (χ3n) is 6.01. The first-order valence-corrected chi connectivity index (χ1v) is 10.5. The lowest BCUT2D eigenvalue weighted by Crippen LogP contribution is -2.26. The number of nitrogens with one attached hydrogen (secondary N) is 1. The number of imidazole rings is 1. The standard InChI is InChI=1S/C23H23FN4O2/c24-17-7-9-21-26-13-19(28(21)14-17)22-18-8-6-16(12-20(18)30-27-22)23(29)25-11-10-15-4-2-1-3-5-15/h6-9,12-15H,1-5,10-11H2,(H,25,29). The minimum Gasteiger partial charge on any atom is -0.356 e. The molecule has 0 aliphatic heterocycles. The van der Waals surface area contributed by atoms with Crippen LogP contribution in [0, 0.1) is 11.7 Å². The molecule has 4 aromatic rings. The van der Waals surface area contributed by atoms with Gasteiger partial charge in [-0.25, -0.2) is 9.37 Å². The van der Waals surface area contributed by atoms with Crippen molar-refractivity contribution >= 4 is 22.5 Å². The summed E-state index contributed by atoms with van der Waals surface area (Å²) in [5.74, 6) is 0.262. The summed E-state index contributed by atoms with van der Waals surface area (Å²) in [7, 11) is 0. The molecule has 1 fully saturated rings. The van der Waals surface area contributed by atoms with Crippen molar-refractivity contribution in [1.29, 1.82) is 0 Å². The van der Waals surface area contributed by atoms with Gasteiger partial charge in [-0.1, -0.05) is 37.3 Å². The molecule has 0 spiro atoms. The van der Waals surface area contributed by atoms with Gasteiger partial charge < -0.3 is 9.84 Å². The lowest BCUT2D eigenvalue weighted by Gasteiger charge is -2.21. The topological polar surface area (TPSA) is 72.4 Å². The zero-order valence-corrected chi connectivity index (χ0v) is 16.6. The Bertz CT molecular complexity index is 1210. The highest BCUT2D eigenvalue weighted by Crippen LogP contribution is 2.29. The summed E-state index contributed by atoms with van der Waals surface area (Å²) in [6, 6.07) is 8.26. The van der Waals surface area contributed by atoms with Crippen LogP contribution in [0.25, 0.3) is 28.0 Å². The van der Waals surface area contributed by atoms with E-state index < -0.39 is 0 Å². The fraction of sp³-hybridized carbons (Fsp3) is 0.348. The lowest BCUT2D eigenvalue weighted by molar-refractivity contribution is 0.0950. The van der Waals surface area contributed by atoms with Crippen molar-refractivity contribution in [1.82, 2.24) is 19.9 Å². The molecule has 0 bridgehead atoms. The number of pyridine rings is 1. The molecule has 6 nitrogen and oxygen atoms in total. The van der Waals surface area contributed by atoms with Crippen LogP contribution in [0.2, 0.25) is 0 Å². The van der Waals surface area contributed by atoms with Gasteiger partial charge in [0, 0.05) is 18.3 Å². The van der Waals surface area contributed by atoms with E-state index in [1.165, 1.54) is 44.4 Å². The number of amides is 1. The number of rotatable bonds is 5. The number of nitrogens with zero attached hydrogens (tertiary/aromatic N) is 3. The first-order valence-electron chi connectivity index (χ1n) is 10.5.